The van der Waals surface area contributed by atoms with Crippen molar-refractivity contribution in [1.82, 2.24) is 20.9 Å². The van der Waals surface area contributed by atoms with Crippen LogP contribution in [0.5, 0.6) is 0 Å². The molecule has 7 aliphatic rings. The van der Waals surface area contributed by atoms with Crippen LogP contribution in [0.3, 0.4) is 0 Å². The summed E-state index contributed by atoms with van der Waals surface area (Å²) in [6.07, 6.45) is 1.59. The summed E-state index contributed by atoms with van der Waals surface area (Å²) < 4.78 is 40.6. The maximum Gasteiger partial charge on any atom is 0.471 e. The maximum atomic E-state index is 14.5. The molecule has 6 bridgehead atoms. The first-order valence-corrected chi connectivity index (χ1v) is 15.1. The quantitative estimate of drug-likeness (QED) is 0.428. The number of likely N-dealkylation sites (tertiary alicyclic amines) is 1. The van der Waals surface area contributed by atoms with Crippen LogP contribution in [-0.4, -0.2) is 65.4 Å². The van der Waals surface area contributed by atoms with Gasteiger partial charge in [0, 0.05) is 23.9 Å². The predicted octanol–water partition coefficient (Wildman–Crippen LogP) is 2.41. The Hall–Kier alpha value is -2.84. The van der Waals surface area contributed by atoms with Crippen molar-refractivity contribution < 1.29 is 32.3 Å². The molecule has 3 N–H and O–H groups in total. The topological polar surface area (TPSA) is 131 Å². The SMILES string of the molecule is CC1C[C@@H]2C[C@H]1C(C(=O)N[C@H](C#N)C[C@@H]1CCNC1=O)N2C(=O)[C@@H](NC(=O)C(F)(F)F)C12CC3CC(CC(C3)C1)C2. The van der Waals surface area contributed by atoms with Crippen molar-refractivity contribution >= 4 is 23.6 Å². The fourth-order valence-electron chi connectivity index (χ4n) is 9.91. The standard InChI is InChI=1S/C29H38F3N5O4/c1-14-4-20-9-21(14)22(25(39)35-19(13-33)8-18-2-3-34-24(18)38)37(20)26(40)23(36-27(41)29(30,31)32)28-10-15-5-16(11-28)7-17(6-15)12-28/h14-23H,2-12H2,1H3,(H,34,38)(H,35,39)(H,36,41)/t14?,15?,16?,17?,18-,19-,20+,21+,22?,23+,28?/m0/s1. The molecule has 0 radical (unpaired) electrons. The molecule has 9 nitrogen and oxygen atoms in total. The third kappa shape index (κ3) is 4.97. The zero-order chi connectivity index (χ0) is 29.3. The van der Waals surface area contributed by atoms with Crippen LogP contribution in [0.1, 0.15) is 71.1 Å². The number of rotatable bonds is 7. The molecule has 7 fully saturated rings. The number of piperidine rings is 1. The van der Waals surface area contributed by atoms with E-state index in [9.17, 15) is 37.6 Å². The van der Waals surface area contributed by atoms with E-state index in [4.69, 9.17) is 0 Å². The molecule has 0 spiro atoms. The summed E-state index contributed by atoms with van der Waals surface area (Å²) in [5.74, 6) is -2.89. The molecule has 2 saturated heterocycles. The molecule has 7 rings (SSSR count). The number of fused-ring (bicyclic) bond motifs is 2. The van der Waals surface area contributed by atoms with Gasteiger partial charge in [0.1, 0.15) is 18.1 Å². The zero-order valence-corrected chi connectivity index (χ0v) is 23.2. The molecule has 5 saturated carbocycles. The molecule has 4 amide bonds. The van der Waals surface area contributed by atoms with Gasteiger partial charge in [-0.25, -0.2) is 0 Å². The van der Waals surface area contributed by atoms with Gasteiger partial charge in [0.25, 0.3) is 0 Å². The summed E-state index contributed by atoms with van der Waals surface area (Å²) in [5, 5.41) is 17.4. The van der Waals surface area contributed by atoms with Gasteiger partial charge in [-0.3, -0.25) is 19.2 Å². The summed E-state index contributed by atoms with van der Waals surface area (Å²) >= 11 is 0. The molecule has 41 heavy (non-hydrogen) atoms. The number of nitriles is 1. The highest BCUT2D eigenvalue weighted by Crippen LogP contribution is 2.62. The van der Waals surface area contributed by atoms with E-state index in [0.29, 0.717) is 62.8 Å². The first-order valence-electron chi connectivity index (χ1n) is 15.1. The van der Waals surface area contributed by atoms with Crippen LogP contribution in [0.4, 0.5) is 13.2 Å². The zero-order valence-electron chi connectivity index (χ0n) is 23.2. The number of hydrogen-bond donors (Lipinski definition) is 3. The molecule has 0 aromatic rings. The maximum absolute atomic E-state index is 14.5. The van der Waals surface area contributed by atoms with Crippen molar-refractivity contribution in [3.63, 3.8) is 0 Å². The molecular weight excluding hydrogens is 539 g/mol. The van der Waals surface area contributed by atoms with Crippen molar-refractivity contribution in [3.8, 4) is 6.07 Å². The second-order valence-electron chi connectivity index (χ2n) is 13.8. The Morgan fingerprint density at radius 2 is 1.71 bits per heavy atom. The van der Waals surface area contributed by atoms with Crippen LogP contribution in [0.2, 0.25) is 0 Å². The number of carbonyl (C=O) groups excluding carboxylic acids is 4. The number of hydrogen-bond acceptors (Lipinski definition) is 5. The van der Waals surface area contributed by atoms with Crippen molar-refractivity contribution in [2.24, 2.45) is 40.9 Å². The van der Waals surface area contributed by atoms with Crippen LogP contribution in [0, 0.1) is 52.3 Å². The largest absolute Gasteiger partial charge is 0.471 e. The summed E-state index contributed by atoms with van der Waals surface area (Å²) in [7, 11) is 0. The minimum absolute atomic E-state index is 0.115. The van der Waals surface area contributed by atoms with E-state index in [1.54, 1.807) is 0 Å². The number of halogens is 3. The van der Waals surface area contributed by atoms with Crippen molar-refractivity contribution in [3.05, 3.63) is 0 Å². The smallest absolute Gasteiger partial charge is 0.356 e. The summed E-state index contributed by atoms with van der Waals surface area (Å²) in [6.45, 7) is 2.51. The lowest BCUT2D eigenvalue weighted by Gasteiger charge is -2.59. The van der Waals surface area contributed by atoms with Crippen LogP contribution < -0.4 is 16.0 Å². The van der Waals surface area contributed by atoms with Crippen molar-refractivity contribution in [2.45, 2.75) is 101 Å². The molecule has 2 heterocycles. The van der Waals surface area contributed by atoms with Gasteiger partial charge in [0.15, 0.2) is 0 Å². The van der Waals surface area contributed by atoms with E-state index < -0.39 is 53.4 Å². The lowest BCUT2D eigenvalue weighted by Crippen LogP contribution is -2.66. The molecule has 7 atom stereocenters. The third-order valence-electron chi connectivity index (χ3n) is 11.2. The Balaban J connectivity index is 1.28. The summed E-state index contributed by atoms with van der Waals surface area (Å²) in [5.41, 5.74) is -0.758. The van der Waals surface area contributed by atoms with Crippen molar-refractivity contribution in [2.75, 3.05) is 6.54 Å². The fraction of sp³-hybridized carbons (Fsp3) is 0.828. The van der Waals surface area contributed by atoms with Gasteiger partial charge in [0.2, 0.25) is 17.7 Å². The van der Waals surface area contributed by atoms with Gasteiger partial charge in [0.05, 0.1) is 6.07 Å². The lowest BCUT2D eigenvalue weighted by atomic mass is 9.47. The summed E-state index contributed by atoms with van der Waals surface area (Å²) in [6, 6.07) is -1.50. The fourth-order valence-corrected chi connectivity index (χ4v) is 9.91. The first kappa shape index (κ1) is 28.3. The average molecular weight is 578 g/mol. The number of nitrogens with one attached hydrogen (secondary N) is 3. The number of carbonyl (C=O) groups is 4. The molecule has 2 aliphatic heterocycles. The molecule has 12 heteroatoms. The van der Waals surface area contributed by atoms with E-state index in [-0.39, 0.29) is 30.2 Å². The van der Waals surface area contributed by atoms with Gasteiger partial charge < -0.3 is 20.9 Å². The summed E-state index contributed by atoms with van der Waals surface area (Å²) in [4.78, 5) is 54.0. The van der Waals surface area contributed by atoms with Gasteiger partial charge in [-0.2, -0.15) is 18.4 Å². The van der Waals surface area contributed by atoms with Crippen LogP contribution >= 0.6 is 0 Å². The van der Waals surface area contributed by atoms with Crippen molar-refractivity contribution in [1.29, 1.82) is 5.26 Å². The molecule has 5 aliphatic carbocycles. The molecule has 224 valence electrons. The van der Waals surface area contributed by atoms with E-state index in [0.717, 1.165) is 19.3 Å². The molecule has 2 unspecified atom stereocenters. The molecular formula is C29H38F3N5O4. The predicted molar refractivity (Wildman–Crippen MR) is 138 cm³/mol. The van der Waals surface area contributed by atoms with E-state index in [1.165, 1.54) is 4.90 Å². The van der Waals surface area contributed by atoms with Gasteiger partial charge >= 0.3 is 12.1 Å². The van der Waals surface area contributed by atoms with Crippen LogP contribution in [-0.2, 0) is 19.2 Å². The normalized spacial score (nSPS) is 40.2. The van der Waals surface area contributed by atoms with E-state index in [1.807, 2.05) is 6.92 Å². The van der Waals surface area contributed by atoms with Gasteiger partial charge in [-0.1, -0.05) is 6.92 Å². The highest BCUT2D eigenvalue weighted by Gasteiger charge is 2.62. The minimum Gasteiger partial charge on any atom is -0.356 e. The number of amides is 4. The van der Waals surface area contributed by atoms with Gasteiger partial charge in [-0.05, 0) is 93.8 Å². The third-order valence-corrected chi connectivity index (χ3v) is 11.2. The molecule has 0 aromatic carbocycles. The second kappa shape index (κ2) is 10.2. The van der Waals surface area contributed by atoms with Crippen LogP contribution in [0.25, 0.3) is 0 Å². The average Bonchev–Trinajstić information content (AvgIpc) is 3.58. The number of alkyl halides is 3. The highest BCUT2D eigenvalue weighted by atomic mass is 19.4. The Morgan fingerprint density at radius 1 is 1.07 bits per heavy atom. The number of nitrogens with zero attached hydrogens (tertiary/aromatic N) is 2. The Morgan fingerprint density at radius 3 is 2.24 bits per heavy atom. The van der Waals surface area contributed by atoms with Gasteiger partial charge in [-0.15, -0.1) is 0 Å². The Bertz CT molecular complexity index is 1130. The highest BCUT2D eigenvalue weighted by molar-refractivity contribution is 5.95. The van der Waals surface area contributed by atoms with E-state index >= 15 is 0 Å². The lowest BCUT2D eigenvalue weighted by molar-refractivity contribution is -0.179. The van der Waals surface area contributed by atoms with E-state index in [2.05, 4.69) is 22.0 Å². The Kier molecular flexibility index (Phi) is 7.01. The Labute approximate surface area is 237 Å². The second-order valence-corrected chi connectivity index (χ2v) is 13.8. The molecule has 0 aromatic heterocycles. The first-order chi connectivity index (χ1) is 19.4. The van der Waals surface area contributed by atoms with Crippen LogP contribution in [0.15, 0.2) is 0 Å². The monoisotopic (exact) mass is 577 g/mol. The minimum atomic E-state index is -5.14.